The molecule has 276 valence electrons. The van der Waals surface area contributed by atoms with Gasteiger partial charge in [0.15, 0.2) is 0 Å². The number of nitrogens with one attached hydrogen (secondary N) is 1. The Bertz CT molecular complexity index is 2240. The van der Waals surface area contributed by atoms with E-state index in [-0.39, 0.29) is 47.3 Å². The van der Waals surface area contributed by atoms with E-state index in [2.05, 4.69) is 20.5 Å². The predicted octanol–water partition coefficient (Wildman–Crippen LogP) is 7.25. The molecule has 0 unspecified atom stereocenters. The normalized spacial score (nSPS) is 15.0. The first kappa shape index (κ1) is 37.2. The summed E-state index contributed by atoms with van der Waals surface area (Å²) in [6, 6.07) is 12.9. The molecule has 1 atom stereocenters. The highest BCUT2D eigenvalue weighted by Crippen LogP contribution is 2.48. The number of piperidine rings is 1. The van der Waals surface area contributed by atoms with Gasteiger partial charge in [0.05, 0.1) is 33.6 Å². The topological polar surface area (TPSA) is 161 Å². The van der Waals surface area contributed by atoms with E-state index in [4.69, 9.17) is 4.74 Å². The second-order valence-electron chi connectivity index (χ2n) is 12.0. The largest absolute Gasteiger partial charge is 0.457 e. The number of amides is 1. The van der Waals surface area contributed by atoms with Gasteiger partial charge in [-0.1, -0.05) is 6.07 Å². The van der Waals surface area contributed by atoms with Crippen LogP contribution in [-0.4, -0.2) is 65.4 Å². The Morgan fingerprint density at radius 2 is 1.91 bits per heavy atom. The van der Waals surface area contributed by atoms with Crippen molar-refractivity contribution in [3.63, 3.8) is 0 Å². The van der Waals surface area contributed by atoms with Gasteiger partial charge >= 0.3 is 6.18 Å². The Kier molecular flexibility index (Phi) is 10.7. The average molecular weight is 772 g/mol. The van der Waals surface area contributed by atoms with Crippen LogP contribution in [0, 0.1) is 21.8 Å². The zero-order valence-electron chi connectivity index (χ0n) is 27.7. The van der Waals surface area contributed by atoms with Gasteiger partial charge in [-0.3, -0.25) is 14.9 Å². The fourth-order valence-electron chi connectivity index (χ4n) is 5.93. The van der Waals surface area contributed by atoms with E-state index in [0.29, 0.717) is 23.4 Å². The van der Waals surface area contributed by atoms with Crippen molar-refractivity contribution < 1.29 is 40.4 Å². The summed E-state index contributed by atoms with van der Waals surface area (Å²) in [5, 5.41) is 23.0. The van der Waals surface area contributed by atoms with Gasteiger partial charge in [0.25, 0.3) is 11.6 Å². The number of benzene rings is 3. The van der Waals surface area contributed by atoms with Crippen molar-refractivity contribution in [1.82, 2.24) is 19.5 Å². The molecule has 19 heteroatoms. The van der Waals surface area contributed by atoms with Crippen LogP contribution in [-0.2, 0) is 16.2 Å². The third-order valence-corrected chi connectivity index (χ3v) is 11.1. The zero-order valence-corrected chi connectivity index (χ0v) is 29.3. The van der Waals surface area contributed by atoms with E-state index in [1.54, 1.807) is 6.07 Å². The minimum absolute atomic E-state index is 0.0502. The number of nitro benzene ring substituents is 1. The maximum absolute atomic E-state index is 15.2. The maximum atomic E-state index is 15.2. The zero-order chi connectivity index (χ0) is 37.9. The van der Waals surface area contributed by atoms with Crippen LogP contribution < -0.4 is 15.0 Å². The number of carbonyl (C=O) groups excluding carboxylic acids is 1. The number of alkyl halides is 3. The van der Waals surface area contributed by atoms with Gasteiger partial charge in [-0.05, 0) is 61.2 Å². The molecule has 0 spiro atoms. The minimum Gasteiger partial charge on any atom is -0.457 e. The highest BCUT2D eigenvalue weighted by atomic mass is 32.2. The van der Waals surface area contributed by atoms with Crippen molar-refractivity contribution in [2.24, 2.45) is 5.92 Å². The summed E-state index contributed by atoms with van der Waals surface area (Å²) >= 11 is 1.13. The van der Waals surface area contributed by atoms with E-state index in [1.807, 2.05) is 0 Å². The molecule has 1 N–H and O–H groups in total. The lowest BCUT2D eigenvalue weighted by atomic mass is 9.96. The molecule has 0 aliphatic carbocycles. The first-order chi connectivity index (χ1) is 25.2. The van der Waals surface area contributed by atoms with Crippen LogP contribution in [0.15, 0.2) is 89.4 Å². The number of carbonyl (C=O) groups is 1. The average Bonchev–Trinajstić information content (AvgIpc) is 3.63. The number of nitrogens with zero attached hydrogens (tertiary/aromatic N) is 6. The molecular weight excluding hydrogens is 743 g/mol. The number of thiazole rings is 1. The Hall–Kier alpha value is -5.53. The van der Waals surface area contributed by atoms with Gasteiger partial charge in [-0.2, -0.15) is 23.4 Å². The van der Waals surface area contributed by atoms with E-state index in [9.17, 15) is 27.7 Å². The highest BCUT2D eigenvalue weighted by Gasteiger charge is 2.42. The monoisotopic (exact) mass is 771 g/mol. The number of hydrogen-bond acceptors (Lipinski definition) is 11. The predicted molar refractivity (Wildman–Crippen MR) is 187 cm³/mol. The van der Waals surface area contributed by atoms with Crippen molar-refractivity contribution in [1.29, 1.82) is 0 Å². The van der Waals surface area contributed by atoms with Crippen LogP contribution in [0.25, 0.3) is 10.6 Å². The molecule has 13 nitrogen and oxygen atoms in total. The smallest absolute Gasteiger partial charge is 0.422 e. The van der Waals surface area contributed by atoms with Crippen molar-refractivity contribution in [3.8, 4) is 22.1 Å². The quantitative estimate of drug-likeness (QED) is 0.0823. The summed E-state index contributed by atoms with van der Waals surface area (Å²) in [4.78, 5) is 29.5. The molecule has 1 saturated heterocycles. The number of rotatable bonds is 11. The molecule has 53 heavy (non-hydrogen) atoms. The summed E-state index contributed by atoms with van der Waals surface area (Å²) in [7, 11) is -2.80. The number of aromatic nitrogens is 3. The summed E-state index contributed by atoms with van der Waals surface area (Å²) < 4.78 is 92.9. The lowest BCUT2D eigenvalue weighted by molar-refractivity contribution is -0.384. The molecule has 1 fully saturated rings. The van der Waals surface area contributed by atoms with Gasteiger partial charge < -0.3 is 15.0 Å². The Morgan fingerprint density at radius 1 is 1.13 bits per heavy atom. The van der Waals surface area contributed by atoms with E-state index < -0.39 is 55.8 Å². The molecule has 6 rings (SSSR count). The van der Waals surface area contributed by atoms with Crippen LogP contribution in [0.1, 0.15) is 28.9 Å². The molecule has 3 heterocycles. The third kappa shape index (κ3) is 8.42. The number of sulfonamides is 1. The lowest BCUT2D eigenvalue weighted by Gasteiger charge is -2.38. The number of ether oxygens (including phenoxy) is 1. The number of nitro groups is 1. The molecule has 2 aromatic heterocycles. The Balaban J connectivity index is 1.34. The van der Waals surface area contributed by atoms with Gasteiger partial charge in [-0.25, -0.2) is 22.1 Å². The summed E-state index contributed by atoms with van der Waals surface area (Å²) in [6.45, 7) is -0.0320. The second-order valence-corrected chi connectivity index (χ2v) is 14.9. The molecule has 5 aromatic rings. The van der Waals surface area contributed by atoms with Crippen molar-refractivity contribution in [2.45, 2.75) is 23.9 Å². The fraction of sp³-hybridized carbons (Fsp3) is 0.235. The van der Waals surface area contributed by atoms with Crippen LogP contribution in [0.4, 0.5) is 34.6 Å². The summed E-state index contributed by atoms with van der Waals surface area (Å²) in [5.41, 5.74) is -1.61. The lowest BCUT2D eigenvalue weighted by Crippen LogP contribution is -2.42. The van der Waals surface area contributed by atoms with E-state index >= 15 is 13.2 Å². The van der Waals surface area contributed by atoms with Crippen LogP contribution in [0.5, 0.6) is 11.5 Å². The van der Waals surface area contributed by atoms with Gasteiger partial charge in [0.2, 0.25) is 10.0 Å². The first-order valence-electron chi connectivity index (χ1n) is 15.9. The van der Waals surface area contributed by atoms with Crippen molar-refractivity contribution in [2.75, 3.05) is 36.9 Å². The van der Waals surface area contributed by atoms with Gasteiger partial charge in [0, 0.05) is 55.8 Å². The van der Waals surface area contributed by atoms with Gasteiger partial charge in [0.1, 0.15) is 33.6 Å². The maximum Gasteiger partial charge on any atom is 0.422 e. The molecule has 1 aliphatic rings. The van der Waals surface area contributed by atoms with Crippen LogP contribution in [0.2, 0.25) is 0 Å². The number of non-ortho nitro benzene ring substituents is 1. The minimum atomic E-state index is -5.04. The molecule has 0 radical (unpaired) electrons. The SMILES string of the molecule is CN(C[C@@H]1CCCN(c2c(NC(=O)c3csc(-c4ccnnc4)n3)ccc(Oc3cccc(F)c3)c2C(F)(F)F)C1)S(=O)(=O)c1ccc([N+](=O)[O-])cc1. The van der Waals surface area contributed by atoms with Crippen molar-refractivity contribution >= 4 is 44.3 Å². The third-order valence-electron chi connectivity index (χ3n) is 8.37. The summed E-state index contributed by atoms with van der Waals surface area (Å²) in [6.07, 6.45) is -1.31. The van der Waals surface area contributed by atoms with Gasteiger partial charge in [-0.15, -0.1) is 11.3 Å². The molecule has 0 bridgehead atoms. The number of anilines is 2. The van der Waals surface area contributed by atoms with E-state index in [0.717, 1.165) is 58.1 Å². The van der Waals surface area contributed by atoms with Crippen LogP contribution in [0.3, 0.4) is 0 Å². The fourth-order valence-corrected chi connectivity index (χ4v) is 7.97. The Morgan fingerprint density at radius 3 is 2.58 bits per heavy atom. The second kappa shape index (κ2) is 15.2. The van der Waals surface area contributed by atoms with Crippen molar-refractivity contribution in [3.05, 3.63) is 112 Å². The highest BCUT2D eigenvalue weighted by molar-refractivity contribution is 7.89. The standard InChI is InChI=1S/C34H29F4N7O6S2/c1-43(53(49,50)26-9-7-24(8-10-26)45(47)48)18-21-4-3-15-44(19-21)31-27(41-32(46)28-20-52-33(42-28)22-13-14-39-40-17-22)11-12-29(30(31)34(36,37)38)51-25-6-2-5-23(35)16-25/h2,5-14,16-17,20-21H,3-4,15,18-19H2,1H3,(H,41,46)/t21-/m0/s1. The molecule has 1 amide bonds. The Labute approximate surface area is 304 Å². The molecule has 3 aromatic carbocycles. The molecule has 1 aliphatic heterocycles. The molecule has 0 saturated carbocycles. The summed E-state index contributed by atoms with van der Waals surface area (Å²) in [5.74, 6) is -2.82. The number of halogens is 4. The number of hydrogen-bond donors (Lipinski definition) is 1. The first-order valence-corrected chi connectivity index (χ1v) is 18.2. The van der Waals surface area contributed by atoms with Crippen LogP contribution >= 0.6 is 11.3 Å². The van der Waals surface area contributed by atoms with E-state index in [1.165, 1.54) is 47.9 Å². The molecular formula is C34H29F4N7O6S2.